The van der Waals surface area contributed by atoms with Gasteiger partial charge < -0.3 is 9.47 Å². The van der Waals surface area contributed by atoms with E-state index in [1.54, 1.807) is 21.0 Å². The highest BCUT2D eigenvalue weighted by molar-refractivity contribution is 5.88. The van der Waals surface area contributed by atoms with Gasteiger partial charge in [-0.2, -0.15) is 0 Å². The lowest BCUT2D eigenvalue weighted by molar-refractivity contribution is -0.138. The van der Waals surface area contributed by atoms with Crippen LogP contribution in [0.2, 0.25) is 0 Å². The zero-order chi connectivity index (χ0) is 12.1. The molecule has 0 aliphatic heterocycles. The van der Waals surface area contributed by atoms with Gasteiger partial charge in [0.25, 0.3) is 0 Å². The quantitative estimate of drug-likeness (QED) is 0.521. The molecule has 3 heteroatoms. The fraction of sp³-hybridized carbons (Fsp3) is 0.750. The van der Waals surface area contributed by atoms with Crippen LogP contribution in [0.1, 0.15) is 41.0 Å². The van der Waals surface area contributed by atoms with Crippen LogP contribution in [0.15, 0.2) is 11.1 Å². The first-order valence-electron chi connectivity index (χ1n) is 5.22. The van der Waals surface area contributed by atoms with E-state index in [2.05, 4.69) is 0 Å². The number of rotatable bonds is 5. The van der Waals surface area contributed by atoms with E-state index in [4.69, 9.17) is 9.47 Å². The Labute approximate surface area is 92.5 Å². The minimum Gasteiger partial charge on any atom is -0.463 e. The van der Waals surface area contributed by atoms with E-state index in [-0.39, 0.29) is 11.6 Å². The van der Waals surface area contributed by atoms with Crippen LogP contribution >= 0.6 is 0 Å². The van der Waals surface area contributed by atoms with Gasteiger partial charge in [-0.1, -0.05) is 5.57 Å². The van der Waals surface area contributed by atoms with Crippen LogP contribution in [0.5, 0.6) is 0 Å². The fourth-order valence-electron chi connectivity index (χ4n) is 1.26. The highest BCUT2D eigenvalue weighted by Gasteiger charge is 2.19. The lowest BCUT2D eigenvalue weighted by atomic mass is 9.96. The maximum atomic E-state index is 11.4. The molecular formula is C12H22O3. The van der Waals surface area contributed by atoms with Gasteiger partial charge in [0.2, 0.25) is 0 Å². The Kier molecular flexibility index (Phi) is 5.58. The molecule has 0 N–H and O–H groups in total. The number of carbonyl (C=O) groups excluding carboxylic acids is 1. The van der Waals surface area contributed by atoms with Crippen molar-refractivity contribution >= 4 is 5.97 Å². The minimum atomic E-state index is -0.238. The van der Waals surface area contributed by atoms with Crippen molar-refractivity contribution in [2.75, 3.05) is 13.7 Å². The van der Waals surface area contributed by atoms with Crippen molar-refractivity contribution in [3.63, 3.8) is 0 Å². The van der Waals surface area contributed by atoms with Gasteiger partial charge in [0, 0.05) is 12.7 Å². The number of hydrogen-bond donors (Lipinski definition) is 0. The predicted molar refractivity (Wildman–Crippen MR) is 60.7 cm³/mol. The van der Waals surface area contributed by atoms with Crippen LogP contribution in [-0.2, 0) is 14.3 Å². The van der Waals surface area contributed by atoms with Crippen LogP contribution in [-0.4, -0.2) is 25.3 Å². The minimum absolute atomic E-state index is 0.234. The molecule has 0 rings (SSSR count). The molecule has 0 radical (unpaired) electrons. The summed E-state index contributed by atoms with van der Waals surface area (Å²) in [5, 5.41) is 0. The normalized spacial score (nSPS) is 13.5. The Morgan fingerprint density at radius 1 is 1.27 bits per heavy atom. The van der Waals surface area contributed by atoms with E-state index in [1.165, 1.54) is 0 Å². The smallest absolute Gasteiger partial charge is 0.333 e. The molecule has 0 aliphatic carbocycles. The van der Waals surface area contributed by atoms with Crippen LogP contribution in [0, 0.1) is 0 Å². The molecule has 0 aromatic heterocycles. The van der Waals surface area contributed by atoms with Crippen molar-refractivity contribution in [1.29, 1.82) is 0 Å². The number of carbonyl (C=O) groups is 1. The third kappa shape index (κ3) is 4.98. The second kappa shape index (κ2) is 5.91. The Bertz CT molecular complexity index is 252. The van der Waals surface area contributed by atoms with Crippen molar-refractivity contribution < 1.29 is 14.3 Å². The summed E-state index contributed by atoms with van der Waals surface area (Å²) in [6.45, 7) is 9.94. The van der Waals surface area contributed by atoms with Crippen molar-refractivity contribution in [3.8, 4) is 0 Å². The Balaban J connectivity index is 4.58. The lowest BCUT2D eigenvalue weighted by Crippen LogP contribution is -2.23. The van der Waals surface area contributed by atoms with Crippen LogP contribution in [0.3, 0.4) is 0 Å². The topological polar surface area (TPSA) is 35.5 Å². The maximum absolute atomic E-state index is 11.4. The molecule has 15 heavy (non-hydrogen) atoms. The first-order valence-corrected chi connectivity index (χ1v) is 5.22. The lowest BCUT2D eigenvalue weighted by Gasteiger charge is -2.23. The summed E-state index contributed by atoms with van der Waals surface area (Å²) >= 11 is 0. The van der Waals surface area contributed by atoms with Gasteiger partial charge in [0.1, 0.15) is 0 Å². The molecule has 0 bridgehead atoms. The van der Waals surface area contributed by atoms with Gasteiger partial charge in [0.15, 0.2) is 0 Å². The average Bonchev–Trinajstić information content (AvgIpc) is 2.16. The third-order valence-electron chi connectivity index (χ3n) is 2.47. The zero-order valence-corrected chi connectivity index (χ0v) is 10.6. The highest BCUT2D eigenvalue weighted by Crippen LogP contribution is 2.21. The van der Waals surface area contributed by atoms with Gasteiger partial charge in [-0.25, -0.2) is 4.79 Å². The largest absolute Gasteiger partial charge is 0.463 e. The average molecular weight is 214 g/mol. The molecule has 0 aromatic rings. The van der Waals surface area contributed by atoms with Gasteiger partial charge in [-0.05, 0) is 41.0 Å². The van der Waals surface area contributed by atoms with E-state index in [0.717, 1.165) is 12.0 Å². The summed E-state index contributed by atoms with van der Waals surface area (Å²) < 4.78 is 10.2. The number of ether oxygens (including phenoxy) is 2. The third-order valence-corrected chi connectivity index (χ3v) is 2.47. The molecule has 3 nitrogen and oxygen atoms in total. The Morgan fingerprint density at radius 2 is 1.80 bits per heavy atom. The zero-order valence-electron chi connectivity index (χ0n) is 10.6. The molecule has 0 heterocycles. The summed E-state index contributed by atoms with van der Waals surface area (Å²) in [5.41, 5.74) is 1.46. The number of hydrogen-bond acceptors (Lipinski definition) is 3. The summed E-state index contributed by atoms with van der Waals surface area (Å²) in [6.07, 6.45) is 0.730. The predicted octanol–water partition coefficient (Wildman–Crippen LogP) is 2.70. The Hall–Kier alpha value is -0.830. The van der Waals surface area contributed by atoms with E-state index >= 15 is 0 Å². The second-order valence-corrected chi connectivity index (χ2v) is 4.27. The second-order valence-electron chi connectivity index (χ2n) is 4.27. The Morgan fingerprint density at radius 3 is 2.20 bits per heavy atom. The molecule has 0 fully saturated rings. The maximum Gasteiger partial charge on any atom is 0.333 e. The van der Waals surface area contributed by atoms with Gasteiger partial charge in [-0.3, -0.25) is 0 Å². The SMILES string of the molecule is CCOC(=O)C(C)=C(C)CC(C)(C)OC. The van der Waals surface area contributed by atoms with E-state index < -0.39 is 0 Å². The molecule has 0 saturated carbocycles. The van der Waals surface area contributed by atoms with Crippen molar-refractivity contribution in [2.24, 2.45) is 0 Å². The van der Waals surface area contributed by atoms with Crippen molar-refractivity contribution in [2.45, 2.75) is 46.6 Å². The summed E-state index contributed by atoms with van der Waals surface area (Å²) in [5.74, 6) is -0.234. The number of methoxy groups -OCH3 is 1. The number of esters is 1. The molecular weight excluding hydrogens is 192 g/mol. The standard InChI is InChI=1S/C12H22O3/c1-7-15-11(13)10(3)9(2)8-12(4,5)14-6/h7-8H2,1-6H3. The molecule has 0 spiro atoms. The van der Waals surface area contributed by atoms with E-state index in [0.29, 0.717) is 12.2 Å². The molecule has 0 aromatic carbocycles. The van der Waals surface area contributed by atoms with Gasteiger partial charge >= 0.3 is 5.97 Å². The van der Waals surface area contributed by atoms with Gasteiger partial charge in [-0.15, -0.1) is 0 Å². The first-order chi connectivity index (χ1) is 6.84. The molecule has 0 amide bonds. The summed E-state index contributed by atoms with van der Waals surface area (Å²) in [6, 6.07) is 0. The van der Waals surface area contributed by atoms with Gasteiger partial charge in [0.05, 0.1) is 12.2 Å². The molecule has 0 unspecified atom stereocenters. The summed E-state index contributed by atoms with van der Waals surface area (Å²) in [4.78, 5) is 11.4. The summed E-state index contributed by atoms with van der Waals surface area (Å²) in [7, 11) is 1.67. The molecule has 0 aliphatic rings. The monoisotopic (exact) mass is 214 g/mol. The van der Waals surface area contributed by atoms with Crippen LogP contribution in [0.4, 0.5) is 0 Å². The van der Waals surface area contributed by atoms with Crippen molar-refractivity contribution in [1.82, 2.24) is 0 Å². The fourth-order valence-corrected chi connectivity index (χ4v) is 1.26. The molecule has 0 atom stereocenters. The van der Waals surface area contributed by atoms with Crippen LogP contribution in [0.25, 0.3) is 0 Å². The first kappa shape index (κ1) is 14.2. The van der Waals surface area contributed by atoms with Crippen LogP contribution < -0.4 is 0 Å². The molecule has 88 valence electrons. The highest BCUT2D eigenvalue weighted by atomic mass is 16.5. The van der Waals surface area contributed by atoms with Crippen molar-refractivity contribution in [3.05, 3.63) is 11.1 Å². The van der Waals surface area contributed by atoms with E-state index in [1.807, 2.05) is 20.8 Å². The molecule has 0 saturated heterocycles. The van der Waals surface area contributed by atoms with E-state index in [9.17, 15) is 4.79 Å².